The Morgan fingerprint density at radius 2 is 2.07 bits per heavy atom. The number of nitrogens with zero attached hydrogens (tertiary/aromatic N) is 5. The third-order valence-corrected chi connectivity index (χ3v) is 4.73. The second-order valence-corrected chi connectivity index (χ2v) is 6.60. The maximum atomic E-state index is 12.2. The number of ether oxygens (including phenoxy) is 1. The van der Waals surface area contributed by atoms with Crippen molar-refractivity contribution < 1.29 is 9.84 Å². The van der Waals surface area contributed by atoms with Gasteiger partial charge in [0, 0.05) is 0 Å². The molecule has 1 aliphatic rings. The summed E-state index contributed by atoms with van der Waals surface area (Å²) in [5.41, 5.74) is 7.50. The van der Waals surface area contributed by atoms with Crippen LogP contribution in [0.5, 0.6) is 0 Å². The van der Waals surface area contributed by atoms with Crippen molar-refractivity contribution in [2.75, 3.05) is 12.3 Å². The second-order valence-electron chi connectivity index (χ2n) is 6.60. The summed E-state index contributed by atoms with van der Waals surface area (Å²) >= 11 is 0. The minimum Gasteiger partial charge on any atom is -0.394 e. The van der Waals surface area contributed by atoms with Gasteiger partial charge in [-0.25, -0.2) is 4.98 Å². The van der Waals surface area contributed by atoms with E-state index in [0.717, 1.165) is 6.42 Å². The quantitative estimate of drug-likeness (QED) is 0.577. The molecule has 3 aromatic rings. The molecule has 0 aliphatic carbocycles. The summed E-state index contributed by atoms with van der Waals surface area (Å²) in [5.74, 6) is 0.177. The zero-order valence-corrected chi connectivity index (χ0v) is 15.4. The number of nitrogens with one attached hydrogen (secondary N) is 1. The number of benzene rings is 1. The average Bonchev–Trinajstić information content (AvgIpc) is 3.31. The molecule has 146 valence electrons. The van der Waals surface area contributed by atoms with E-state index in [1.54, 1.807) is 4.57 Å². The number of aromatic amines is 1. The highest BCUT2D eigenvalue weighted by Gasteiger charge is 2.30. The molecule has 28 heavy (non-hydrogen) atoms. The number of aryl methyl sites for hydroxylation is 1. The van der Waals surface area contributed by atoms with Crippen LogP contribution in [0.3, 0.4) is 0 Å². The molecule has 0 radical (unpaired) electrons. The van der Waals surface area contributed by atoms with Crippen LogP contribution in [0.15, 0.2) is 39.3 Å². The SMILES string of the molecule is CCc1ccc(N=Nc2nc3c(=O)[nH]c(N)nc3n2[C@H]2CCC(CO)O2)cc1. The second kappa shape index (κ2) is 7.49. The van der Waals surface area contributed by atoms with Gasteiger partial charge >= 0.3 is 0 Å². The summed E-state index contributed by atoms with van der Waals surface area (Å²) < 4.78 is 7.46. The number of aliphatic hydroxyl groups is 1. The standard InChI is InChI=1S/C18H21N7O3/c1-2-10-3-5-11(6-4-10)23-24-18-20-14-15(21-17(19)22-16(14)27)25(18)13-8-7-12(9-26)28-13/h3-6,12-13,26H,2,7-9H2,1H3,(H3,19,21,22,27)/t12?,13-/m1/s1. The number of azo groups is 1. The van der Waals surface area contributed by atoms with E-state index in [1.807, 2.05) is 24.3 Å². The summed E-state index contributed by atoms with van der Waals surface area (Å²) in [6.45, 7) is 2.00. The van der Waals surface area contributed by atoms with Gasteiger partial charge in [0.05, 0.1) is 18.4 Å². The first kappa shape index (κ1) is 18.3. The molecular formula is C18H21N7O3. The summed E-state index contributed by atoms with van der Waals surface area (Å²) in [6, 6.07) is 7.70. The first-order chi connectivity index (χ1) is 13.6. The molecule has 0 amide bonds. The normalized spacial score (nSPS) is 19.8. The molecular weight excluding hydrogens is 362 g/mol. The van der Waals surface area contributed by atoms with Crippen molar-refractivity contribution >= 4 is 28.7 Å². The lowest BCUT2D eigenvalue weighted by Crippen LogP contribution is -2.16. The van der Waals surface area contributed by atoms with E-state index in [-0.39, 0.29) is 35.8 Å². The van der Waals surface area contributed by atoms with Crippen LogP contribution in [0.25, 0.3) is 11.2 Å². The zero-order valence-electron chi connectivity index (χ0n) is 15.4. The lowest BCUT2D eigenvalue weighted by atomic mass is 10.2. The van der Waals surface area contributed by atoms with E-state index in [0.29, 0.717) is 18.5 Å². The summed E-state index contributed by atoms with van der Waals surface area (Å²) in [5, 5.41) is 17.8. The number of rotatable bonds is 5. The molecule has 4 rings (SSSR count). The first-order valence-corrected chi connectivity index (χ1v) is 9.13. The predicted molar refractivity (Wildman–Crippen MR) is 103 cm³/mol. The van der Waals surface area contributed by atoms with E-state index in [2.05, 4.69) is 32.1 Å². The van der Waals surface area contributed by atoms with E-state index < -0.39 is 11.8 Å². The molecule has 2 aromatic heterocycles. The van der Waals surface area contributed by atoms with Crippen LogP contribution < -0.4 is 11.3 Å². The Morgan fingerprint density at radius 1 is 1.29 bits per heavy atom. The first-order valence-electron chi connectivity index (χ1n) is 9.13. The molecule has 1 fully saturated rings. The smallest absolute Gasteiger partial charge is 0.280 e. The Morgan fingerprint density at radius 3 is 2.75 bits per heavy atom. The largest absolute Gasteiger partial charge is 0.394 e. The van der Waals surface area contributed by atoms with Crippen molar-refractivity contribution in [3.05, 3.63) is 40.2 Å². The van der Waals surface area contributed by atoms with E-state index >= 15 is 0 Å². The molecule has 1 aliphatic heterocycles. The van der Waals surface area contributed by atoms with Gasteiger partial charge in [-0.3, -0.25) is 14.3 Å². The molecule has 0 spiro atoms. The van der Waals surface area contributed by atoms with Crippen molar-refractivity contribution in [3.8, 4) is 0 Å². The van der Waals surface area contributed by atoms with Crippen molar-refractivity contribution in [2.24, 2.45) is 10.2 Å². The highest BCUT2D eigenvalue weighted by molar-refractivity contribution is 5.74. The predicted octanol–water partition coefficient (Wildman–Crippen LogP) is 2.35. The summed E-state index contributed by atoms with van der Waals surface area (Å²) in [4.78, 5) is 23.2. The number of aliphatic hydroxyl groups excluding tert-OH is 1. The molecule has 0 saturated carbocycles. The number of imidazole rings is 1. The lowest BCUT2D eigenvalue weighted by molar-refractivity contribution is -0.0199. The molecule has 10 heteroatoms. The van der Waals surface area contributed by atoms with Crippen molar-refractivity contribution in [2.45, 2.75) is 38.5 Å². The van der Waals surface area contributed by atoms with Crippen molar-refractivity contribution in [1.29, 1.82) is 0 Å². The minimum atomic E-state index is -0.465. The van der Waals surface area contributed by atoms with Crippen molar-refractivity contribution in [1.82, 2.24) is 19.5 Å². The molecule has 1 unspecified atom stereocenters. The van der Waals surface area contributed by atoms with E-state index in [9.17, 15) is 9.90 Å². The van der Waals surface area contributed by atoms with Gasteiger partial charge in [-0.15, -0.1) is 10.2 Å². The third kappa shape index (κ3) is 3.39. The zero-order chi connectivity index (χ0) is 19.7. The number of fused-ring (bicyclic) bond motifs is 1. The Kier molecular flexibility index (Phi) is 4.88. The number of anilines is 1. The number of nitrogen functional groups attached to an aromatic ring is 1. The van der Waals surface area contributed by atoms with Gasteiger partial charge in [-0.05, 0) is 37.0 Å². The molecule has 10 nitrogen and oxygen atoms in total. The number of nitrogens with two attached hydrogens (primary N) is 1. The van der Waals surface area contributed by atoms with Crippen LogP contribution >= 0.6 is 0 Å². The number of aromatic nitrogens is 4. The highest BCUT2D eigenvalue weighted by Crippen LogP contribution is 2.34. The third-order valence-electron chi connectivity index (χ3n) is 4.73. The van der Waals surface area contributed by atoms with E-state index in [1.165, 1.54) is 5.56 Å². The number of hydrogen-bond donors (Lipinski definition) is 3. The summed E-state index contributed by atoms with van der Waals surface area (Å²) in [7, 11) is 0. The van der Waals surface area contributed by atoms with Crippen LogP contribution in [-0.2, 0) is 11.2 Å². The Balaban J connectivity index is 1.78. The van der Waals surface area contributed by atoms with Gasteiger partial charge in [0.2, 0.25) is 5.95 Å². The van der Waals surface area contributed by atoms with Gasteiger partial charge in [0.25, 0.3) is 11.5 Å². The van der Waals surface area contributed by atoms with Crippen LogP contribution in [0.2, 0.25) is 0 Å². The molecule has 2 atom stereocenters. The van der Waals surface area contributed by atoms with Gasteiger partial charge in [0.15, 0.2) is 11.2 Å². The van der Waals surface area contributed by atoms with Gasteiger partial charge in [-0.2, -0.15) is 4.98 Å². The fourth-order valence-corrected chi connectivity index (χ4v) is 3.24. The van der Waals surface area contributed by atoms with Crippen LogP contribution in [0, 0.1) is 0 Å². The number of H-pyrrole nitrogens is 1. The topological polar surface area (TPSA) is 144 Å². The minimum absolute atomic E-state index is 0.0194. The van der Waals surface area contributed by atoms with Gasteiger partial charge < -0.3 is 15.6 Å². The average molecular weight is 383 g/mol. The van der Waals surface area contributed by atoms with Crippen LogP contribution in [0.1, 0.15) is 31.6 Å². The molecule has 1 aromatic carbocycles. The van der Waals surface area contributed by atoms with Crippen LogP contribution in [0.4, 0.5) is 17.6 Å². The number of hydrogen-bond acceptors (Lipinski definition) is 8. The monoisotopic (exact) mass is 383 g/mol. The maximum absolute atomic E-state index is 12.2. The Labute approximate surface area is 160 Å². The maximum Gasteiger partial charge on any atom is 0.280 e. The lowest BCUT2D eigenvalue weighted by Gasteiger charge is -2.15. The fraction of sp³-hybridized carbons (Fsp3) is 0.389. The molecule has 0 bridgehead atoms. The van der Waals surface area contributed by atoms with Gasteiger partial charge in [0.1, 0.15) is 6.23 Å². The summed E-state index contributed by atoms with van der Waals surface area (Å²) in [6.07, 6.45) is 1.49. The van der Waals surface area contributed by atoms with Crippen LogP contribution in [-0.4, -0.2) is 37.3 Å². The molecule has 3 heterocycles. The van der Waals surface area contributed by atoms with Crippen molar-refractivity contribution in [3.63, 3.8) is 0 Å². The van der Waals surface area contributed by atoms with Gasteiger partial charge in [-0.1, -0.05) is 19.1 Å². The molecule has 1 saturated heterocycles. The Hall–Kier alpha value is -3.11. The highest BCUT2D eigenvalue weighted by atomic mass is 16.5. The molecule has 4 N–H and O–H groups in total. The Bertz CT molecular complexity index is 1070. The fourth-order valence-electron chi connectivity index (χ4n) is 3.24. The van der Waals surface area contributed by atoms with E-state index in [4.69, 9.17) is 10.5 Å².